The molecule has 0 bridgehead atoms. The van der Waals surface area contributed by atoms with Crippen LogP contribution in [0, 0.1) is 0 Å². The van der Waals surface area contributed by atoms with Crippen LogP contribution in [0.2, 0.25) is 0 Å². The predicted molar refractivity (Wildman–Crippen MR) is 53.5 cm³/mol. The molecular weight excluding hydrogens is 180 g/mol. The van der Waals surface area contributed by atoms with E-state index in [9.17, 15) is 9.59 Å². The van der Waals surface area contributed by atoms with Gasteiger partial charge in [0.05, 0.1) is 12.5 Å². The van der Waals surface area contributed by atoms with E-state index in [1.807, 2.05) is 0 Å². The number of unbranched alkanes of at least 4 members (excludes halogenated alkanes) is 3. The van der Waals surface area contributed by atoms with E-state index in [4.69, 9.17) is 5.73 Å². The smallest absolute Gasteiger partial charge is 0.246 e. The van der Waals surface area contributed by atoms with Crippen molar-refractivity contribution in [2.24, 2.45) is 5.73 Å². The molecule has 4 nitrogen and oxygen atoms in total. The van der Waals surface area contributed by atoms with Gasteiger partial charge in [0.15, 0.2) is 0 Å². The second-order valence-electron chi connectivity index (χ2n) is 3.75. The number of amides is 2. The van der Waals surface area contributed by atoms with Gasteiger partial charge in [-0.25, -0.2) is 0 Å². The fraction of sp³-hybridized carbons (Fsp3) is 0.800. The zero-order valence-electron chi connectivity index (χ0n) is 8.66. The Morgan fingerprint density at radius 3 is 2.57 bits per heavy atom. The van der Waals surface area contributed by atoms with Crippen LogP contribution in [-0.4, -0.2) is 29.3 Å². The summed E-state index contributed by atoms with van der Waals surface area (Å²) in [6, 6.07) is -0.589. The van der Waals surface area contributed by atoms with Gasteiger partial charge in [0, 0.05) is 6.54 Å². The van der Waals surface area contributed by atoms with Crippen LogP contribution in [0.15, 0.2) is 0 Å². The Labute approximate surface area is 84.4 Å². The molecule has 0 saturated carbocycles. The molecular formula is C10H18N2O2. The largest absolute Gasteiger partial charge is 0.319 e. The van der Waals surface area contributed by atoms with Gasteiger partial charge < -0.3 is 5.73 Å². The Morgan fingerprint density at radius 1 is 1.36 bits per heavy atom. The molecule has 0 unspecified atom stereocenters. The zero-order chi connectivity index (χ0) is 10.6. The fourth-order valence-corrected chi connectivity index (χ4v) is 1.64. The van der Waals surface area contributed by atoms with Crippen LogP contribution in [0.3, 0.4) is 0 Å². The molecule has 2 amide bonds. The normalized spacial score (nSPS) is 22.1. The summed E-state index contributed by atoms with van der Waals surface area (Å²) in [5, 5.41) is 0. The van der Waals surface area contributed by atoms with Crippen molar-refractivity contribution in [2.45, 2.75) is 45.1 Å². The minimum absolute atomic E-state index is 0.112. The summed E-state index contributed by atoms with van der Waals surface area (Å²) in [5.74, 6) is -0.314. The molecule has 4 heteroatoms. The molecule has 2 N–H and O–H groups in total. The highest BCUT2D eigenvalue weighted by Gasteiger charge is 2.35. The first-order chi connectivity index (χ1) is 6.66. The van der Waals surface area contributed by atoms with Crippen molar-refractivity contribution in [1.82, 2.24) is 4.90 Å². The first kappa shape index (κ1) is 11.2. The van der Waals surface area contributed by atoms with E-state index in [0.717, 1.165) is 25.7 Å². The van der Waals surface area contributed by atoms with Gasteiger partial charge in [-0.05, 0) is 6.42 Å². The average molecular weight is 198 g/mol. The first-order valence-electron chi connectivity index (χ1n) is 5.26. The summed E-state index contributed by atoms with van der Waals surface area (Å²) in [6.45, 7) is 2.67. The summed E-state index contributed by atoms with van der Waals surface area (Å²) in [5.41, 5.74) is 5.48. The van der Waals surface area contributed by atoms with E-state index in [1.54, 1.807) is 0 Å². The predicted octanol–water partition coefficient (Wildman–Crippen LogP) is 0.653. The van der Waals surface area contributed by atoms with Gasteiger partial charge in [0.1, 0.15) is 0 Å². The van der Waals surface area contributed by atoms with E-state index in [2.05, 4.69) is 6.92 Å². The van der Waals surface area contributed by atoms with Gasteiger partial charge in [-0.1, -0.05) is 26.2 Å². The van der Waals surface area contributed by atoms with Gasteiger partial charge in [-0.3, -0.25) is 14.5 Å². The molecule has 1 saturated heterocycles. The number of nitrogens with zero attached hydrogens (tertiary/aromatic N) is 1. The van der Waals surface area contributed by atoms with E-state index in [0.29, 0.717) is 6.54 Å². The summed E-state index contributed by atoms with van der Waals surface area (Å²) >= 11 is 0. The molecule has 1 fully saturated rings. The van der Waals surface area contributed by atoms with E-state index >= 15 is 0 Å². The lowest BCUT2D eigenvalue weighted by molar-refractivity contribution is -0.138. The Hall–Kier alpha value is -0.900. The monoisotopic (exact) mass is 198 g/mol. The fourth-order valence-electron chi connectivity index (χ4n) is 1.64. The van der Waals surface area contributed by atoms with Crippen molar-refractivity contribution in [2.75, 3.05) is 6.54 Å². The maximum Gasteiger partial charge on any atom is 0.246 e. The molecule has 0 aromatic carbocycles. The number of hydrogen-bond donors (Lipinski definition) is 1. The Balaban J connectivity index is 2.30. The van der Waals surface area contributed by atoms with E-state index in [-0.39, 0.29) is 18.2 Å². The summed E-state index contributed by atoms with van der Waals surface area (Å²) in [7, 11) is 0. The van der Waals surface area contributed by atoms with Crippen molar-refractivity contribution in [3.63, 3.8) is 0 Å². The standard InChI is InChI=1S/C10H18N2O2/c1-2-3-4-5-6-12-9(13)7-8(11)10(12)14/h8H,2-7,11H2,1H3/t8-/m0/s1. The Morgan fingerprint density at radius 2 is 2.07 bits per heavy atom. The molecule has 1 aliphatic rings. The topological polar surface area (TPSA) is 63.4 Å². The highest BCUT2D eigenvalue weighted by Crippen LogP contribution is 2.12. The van der Waals surface area contributed by atoms with Crippen LogP contribution < -0.4 is 5.73 Å². The highest BCUT2D eigenvalue weighted by atomic mass is 16.2. The Bertz CT molecular complexity index is 228. The first-order valence-corrected chi connectivity index (χ1v) is 5.26. The maximum atomic E-state index is 11.4. The van der Waals surface area contributed by atoms with Crippen LogP contribution in [0.5, 0.6) is 0 Å². The third-order valence-corrected chi connectivity index (χ3v) is 2.51. The minimum Gasteiger partial charge on any atom is -0.319 e. The van der Waals surface area contributed by atoms with E-state index in [1.165, 1.54) is 4.90 Å². The minimum atomic E-state index is -0.589. The zero-order valence-corrected chi connectivity index (χ0v) is 8.66. The third kappa shape index (κ3) is 2.54. The van der Waals surface area contributed by atoms with Crippen LogP contribution >= 0.6 is 0 Å². The molecule has 0 aromatic heterocycles. The molecule has 1 aliphatic heterocycles. The van der Waals surface area contributed by atoms with Crippen LogP contribution in [0.1, 0.15) is 39.0 Å². The molecule has 0 radical (unpaired) electrons. The molecule has 80 valence electrons. The van der Waals surface area contributed by atoms with Crippen molar-refractivity contribution >= 4 is 11.8 Å². The summed E-state index contributed by atoms with van der Waals surface area (Å²) in [4.78, 5) is 23.9. The number of carbonyl (C=O) groups excluding carboxylic acids is 2. The second-order valence-corrected chi connectivity index (χ2v) is 3.75. The van der Waals surface area contributed by atoms with E-state index < -0.39 is 6.04 Å². The average Bonchev–Trinajstić information content (AvgIpc) is 2.38. The summed E-state index contributed by atoms with van der Waals surface area (Å²) < 4.78 is 0. The Kier molecular flexibility index (Phi) is 4.07. The number of imide groups is 1. The lowest BCUT2D eigenvalue weighted by Gasteiger charge is -2.13. The van der Waals surface area contributed by atoms with Crippen LogP contribution in [0.25, 0.3) is 0 Å². The van der Waals surface area contributed by atoms with Crippen molar-refractivity contribution < 1.29 is 9.59 Å². The lowest BCUT2D eigenvalue weighted by atomic mass is 10.2. The third-order valence-electron chi connectivity index (χ3n) is 2.51. The van der Waals surface area contributed by atoms with Crippen molar-refractivity contribution in [3.8, 4) is 0 Å². The molecule has 0 aliphatic carbocycles. The SMILES string of the molecule is CCCCCCN1C(=O)C[C@H](N)C1=O. The van der Waals surface area contributed by atoms with Crippen LogP contribution in [-0.2, 0) is 9.59 Å². The van der Waals surface area contributed by atoms with Gasteiger partial charge in [0.25, 0.3) is 0 Å². The molecule has 1 heterocycles. The highest BCUT2D eigenvalue weighted by molar-refractivity contribution is 6.05. The molecule has 14 heavy (non-hydrogen) atoms. The number of rotatable bonds is 5. The number of likely N-dealkylation sites (tertiary alicyclic amines) is 1. The van der Waals surface area contributed by atoms with Gasteiger partial charge in [-0.15, -0.1) is 0 Å². The maximum absolute atomic E-state index is 11.4. The number of hydrogen-bond acceptors (Lipinski definition) is 3. The molecule has 0 aromatic rings. The molecule has 1 atom stereocenters. The summed E-state index contributed by atoms with van der Waals surface area (Å²) in [6.07, 6.45) is 4.47. The van der Waals surface area contributed by atoms with Gasteiger partial charge in [0.2, 0.25) is 11.8 Å². The number of nitrogens with two attached hydrogens (primary N) is 1. The van der Waals surface area contributed by atoms with Crippen molar-refractivity contribution in [3.05, 3.63) is 0 Å². The van der Waals surface area contributed by atoms with Crippen LogP contribution in [0.4, 0.5) is 0 Å². The van der Waals surface area contributed by atoms with Gasteiger partial charge in [-0.2, -0.15) is 0 Å². The molecule has 1 rings (SSSR count). The lowest BCUT2D eigenvalue weighted by Crippen LogP contribution is -2.35. The van der Waals surface area contributed by atoms with Gasteiger partial charge >= 0.3 is 0 Å². The molecule has 0 spiro atoms. The quantitative estimate of drug-likeness (QED) is 0.521. The second kappa shape index (κ2) is 5.10. The van der Waals surface area contributed by atoms with Crippen molar-refractivity contribution in [1.29, 1.82) is 0 Å². The number of carbonyl (C=O) groups is 2.